The fourth-order valence-electron chi connectivity index (χ4n) is 3.78. The van der Waals surface area contributed by atoms with Crippen LogP contribution >= 0.6 is 0 Å². The van der Waals surface area contributed by atoms with Crippen molar-refractivity contribution in [3.05, 3.63) is 29.8 Å². The van der Waals surface area contributed by atoms with E-state index in [0.717, 1.165) is 0 Å². The van der Waals surface area contributed by atoms with Crippen molar-refractivity contribution in [2.75, 3.05) is 32.7 Å². The molecule has 0 saturated carbocycles. The zero-order valence-electron chi connectivity index (χ0n) is 14.8. The number of carbonyl (C=O) groups is 1. The van der Waals surface area contributed by atoms with Gasteiger partial charge in [-0.2, -0.15) is 0 Å². The summed E-state index contributed by atoms with van der Waals surface area (Å²) < 4.78 is 26.6. The molecule has 0 radical (unpaired) electrons. The van der Waals surface area contributed by atoms with Gasteiger partial charge in [0.1, 0.15) is 5.75 Å². The minimum atomic E-state index is -2.59. The molecule has 2 aliphatic heterocycles. The predicted molar refractivity (Wildman–Crippen MR) is 93.4 cm³/mol. The smallest absolute Gasteiger partial charge is 0.253 e. The third kappa shape index (κ3) is 4.71. The number of halogens is 2. The third-order valence-corrected chi connectivity index (χ3v) is 5.42. The Labute approximate surface area is 152 Å². The van der Waals surface area contributed by atoms with Gasteiger partial charge in [-0.1, -0.05) is 0 Å². The molecule has 1 aromatic carbocycles. The van der Waals surface area contributed by atoms with E-state index in [9.17, 15) is 23.8 Å². The molecule has 3 rings (SSSR count). The molecule has 0 bridgehead atoms. The van der Waals surface area contributed by atoms with Gasteiger partial charge in [0.15, 0.2) is 0 Å². The van der Waals surface area contributed by atoms with Crippen LogP contribution in [0.25, 0.3) is 0 Å². The summed E-state index contributed by atoms with van der Waals surface area (Å²) >= 11 is 0. The molecule has 2 saturated heterocycles. The van der Waals surface area contributed by atoms with Gasteiger partial charge in [-0.05, 0) is 43.5 Å². The molecule has 26 heavy (non-hydrogen) atoms. The summed E-state index contributed by atoms with van der Waals surface area (Å²) in [7, 11) is 0. The Hall–Kier alpha value is -1.73. The van der Waals surface area contributed by atoms with Crippen LogP contribution in [0.5, 0.6) is 5.75 Å². The first kappa shape index (κ1) is 19.0. The highest BCUT2D eigenvalue weighted by Gasteiger charge is 2.38. The van der Waals surface area contributed by atoms with E-state index < -0.39 is 11.5 Å². The lowest BCUT2D eigenvalue weighted by molar-refractivity contribution is -0.0768. The molecule has 0 aromatic heterocycles. The molecule has 0 aliphatic carbocycles. The van der Waals surface area contributed by atoms with Gasteiger partial charge >= 0.3 is 0 Å². The Morgan fingerprint density at radius 1 is 1.00 bits per heavy atom. The van der Waals surface area contributed by atoms with E-state index in [-0.39, 0.29) is 24.5 Å². The fraction of sp³-hybridized carbons (Fsp3) is 0.632. The number of benzene rings is 1. The number of amides is 1. The maximum atomic E-state index is 13.3. The normalized spacial score (nSPS) is 27.1. The first-order valence-corrected chi connectivity index (χ1v) is 9.17. The van der Waals surface area contributed by atoms with Crippen LogP contribution in [0.3, 0.4) is 0 Å². The lowest BCUT2D eigenvalue weighted by Crippen LogP contribution is -2.48. The van der Waals surface area contributed by atoms with E-state index in [0.29, 0.717) is 57.5 Å². The van der Waals surface area contributed by atoms with Crippen LogP contribution in [0, 0.1) is 0 Å². The SMILES string of the molecule is O=C(c1ccc(O)cc1)N1CCC[C@@](O)(CN2CCC(F)(F)CC2)CC1. The number of aliphatic hydroxyl groups is 1. The third-order valence-electron chi connectivity index (χ3n) is 5.42. The van der Waals surface area contributed by atoms with E-state index in [4.69, 9.17) is 0 Å². The number of β-amino-alcohol motifs (C(OH)–C–C–N with tert-alkyl or cyclic N) is 1. The fourth-order valence-corrected chi connectivity index (χ4v) is 3.78. The van der Waals surface area contributed by atoms with Crippen molar-refractivity contribution in [2.45, 2.75) is 43.6 Å². The number of hydrogen-bond acceptors (Lipinski definition) is 4. The van der Waals surface area contributed by atoms with Crippen LogP contribution in [0.15, 0.2) is 24.3 Å². The number of nitrogens with zero attached hydrogens (tertiary/aromatic N) is 2. The van der Waals surface area contributed by atoms with Crippen molar-refractivity contribution in [1.29, 1.82) is 0 Å². The van der Waals surface area contributed by atoms with Gasteiger partial charge in [0.05, 0.1) is 5.60 Å². The Balaban J connectivity index is 1.57. The van der Waals surface area contributed by atoms with Gasteiger partial charge in [0.2, 0.25) is 0 Å². The number of phenols is 1. The summed E-state index contributed by atoms with van der Waals surface area (Å²) in [5, 5.41) is 20.3. The summed E-state index contributed by atoms with van der Waals surface area (Å²) in [4.78, 5) is 16.2. The molecule has 5 nitrogen and oxygen atoms in total. The number of rotatable bonds is 3. The van der Waals surface area contributed by atoms with Crippen LogP contribution < -0.4 is 0 Å². The largest absolute Gasteiger partial charge is 0.508 e. The van der Waals surface area contributed by atoms with Gasteiger partial charge < -0.3 is 20.0 Å². The van der Waals surface area contributed by atoms with Crippen molar-refractivity contribution in [1.82, 2.24) is 9.80 Å². The quantitative estimate of drug-likeness (QED) is 0.860. The van der Waals surface area contributed by atoms with E-state index in [1.54, 1.807) is 17.0 Å². The number of hydrogen-bond donors (Lipinski definition) is 2. The molecule has 2 aliphatic rings. The Kier molecular flexibility index (Phi) is 5.48. The van der Waals surface area contributed by atoms with Crippen molar-refractivity contribution < 1.29 is 23.8 Å². The first-order valence-electron chi connectivity index (χ1n) is 9.17. The number of likely N-dealkylation sites (tertiary alicyclic amines) is 2. The zero-order chi connectivity index (χ0) is 18.8. The summed E-state index contributed by atoms with van der Waals surface area (Å²) in [5.74, 6) is -2.60. The summed E-state index contributed by atoms with van der Waals surface area (Å²) in [6.45, 7) is 1.96. The maximum absolute atomic E-state index is 13.3. The lowest BCUT2D eigenvalue weighted by Gasteiger charge is -2.37. The molecule has 1 atom stereocenters. The molecule has 7 heteroatoms. The monoisotopic (exact) mass is 368 g/mol. The maximum Gasteiger partial charge on any atom is 0.253 e. The van der Waals surface area contributed by atoms with E-state index in [2.05, 4.69) is 0 Å². The lowest BCUT2D eigenvalue weighted by atomic mass is 9.93. The topological polar surface area (TPSA) is 64.0 Å². The summed E-state index contributed by atoms with van der Waals surface area (Å²) in [6, 6.07) is 6.13. The molecule has 1 amide bonds. The van der Waals surface area contributed by atoms with E-state index >= 15 is 0 Å². The number of alkyl halides is 2. The average Bonchev–Trinajstić information content (AvgIpc) is 2.79. The van der Waals surface area contributed by atoms with Crippen LogP contribution in [-0.4, -0.2) is 70.2 Å². The number of piperidine rings is 1. The van der Waals surface area contributed by atoms with E-state index in [1.165, 1.54) is 12.1 Å². The van der Waals surface area contributed by atoms with Crippen molar-refractivity contribution in [2.24, 2.45) is 0 Å². The Bertz CT molecular complexity index is 628. The van der Waals surface area contributed by atoms with Crippen LogP contribution in [0.1, 0.15) is 42.5 Å². The average molecular weight is 368 g/mol. The second-order valence-corrected chi connectivity index (χ2v) is 7.55. The number of carbonyl (C=O) groups excluding carboxylic acids is 1. The van der Waals surface area contributed by atoms with Gasteiger partial charge in [0.25, 0.3) is 11.8 Å². The molecule has 2 fully saturated rings. The minimum absolute atomic E-state index is 0.110. The van der Waals surface area contributed by atoms with Gasteiger partial charge in [-0.25, -0.2) is 8.78 Å². The Morgan fingerprint density at radius 3 is 2.31 bits per heavy atom. The van der Waals surface area contributed by atoms with Crippen LogP contribution in [0.4, 0.5) is 8.78 Å². The standard InChI is InChI=1S/C19H26F2N2O3/c20-19(21)8-11-22(12-9-19)14-18(26)6-1-10-23(13-7-18)17(25)15-2-4-16(24)5-3-15/h2-5,24,26H,1,6-14H2/t18-/m0/s1. The van der Waals surface area contributed by atoms with Crippen LogP contribution in [0.2, 0.25) is 0 Å². The second kappa shape index (κ2) is 7.48. The van der Waals surface area contributed by atoms with Crippen molar-refractivity contribution >= 4 is 5.91 Å². The highest BCUT2D eigenvalue weighted by molar-refractivity contribution is 5.94. The van der Waals surface area contributed by atoms with Crippen molar-refractivity contribution in [3.63, 3.8) is 0 Å². The zero-order valence-corrected chi connectivity index (χ0v) is 14.8. The first-order chi connectivity index (χ1) is 12.3. The molecule has 2 N–H and O–H groups in total. The highest BCUT2D eigenvalue weighted by atomic mass is 19.3. The second-order valence-electron chi connectivity index (χ2n) is 7.55. The molecule has 0 unspecified atom stereocenters. The van der Waals surface area contributed by atoms with Crippen molar-refractivity contribution in [3.8, 4) is 5.75 Å². The van der Waals surface area contributed by atoms with Gasteiger partial charge in [-0.15, -0.1) is 0 Å². The Morgan fingerprint density at radius 2 is 1.65 bits per heavy atom. The highest BCUT2D eigenvalue weighted by Crippen LogP contribution is 2.30. The molecular formula is C19H26F2N2O3. The molecule has 2 heterocycles. The van der Waals surface area contributed by atoms with Crippen LogP contribution in [-0.2, 0) is 0 Å². The number of aromatic hydroxyl groups is 1. The summed E-state index contributed by atoms with van der Waals surface area (Å²) in [5.41, 5.74) is -0.442. The predicted octanol–water partition coefficient (Wildman–Crippen LogP) is 2.48. The number of phenolic OH excluding ortho intramolecular Hbond substituents is 1. The van der Waals surface area contributed by atoms with Gasteiger partial charge in [-0.3, -0.25) is 4.79 Å². The minimum Gasteiger partial charge on any atom is -0.508 e. The van der Waals surface area contributed by atoms with E-state index in [1.807, 2.05) is 4.90 Å². The molecular weight excluding hydrogens is 342 g/mol. The summed E-state index contributed by atoms with van der Waals surface area (Å²) in [6.07, 6.45) is 1.34. The molecule has 144 valence electrons. The molecule has 1 aromatic rings. The van der Waals surface area contributed by atoms with Gasteiger partial charge in [0, 0.05) is 51.1 Å². The molecule has 0 spiro atoms.